The van der Waals surface area contributed by atoms with Crippen LogP contribution in [0.25, 0.3) is 60.9 Å². The van der Waals surface area contributed by atoms with Crippen LogP contribution in [0.2, 0.25) is 0 Å². The van der Waals surface area contributed by atoms with Gasteiger partial charge in [-0.2, -0.15) is 0 Å². The van der Waals surface area contributed by atoms with Gasteiger partial charge in [-0.25, -0.2) is 0 Å². The van der Waals surface area contributed by atoms with Crippen molar-refractivity contribution in [1.82, 2.24) is 4.57 Å². The summed E-state index contributed by atoms with van der Waals surface area (Å²) in [5, 5.41) is 2.56. The van der Waals surface area contributed by atoms with E-state index in [-0.39, 0.29) is 5.41 Å². The Labute approximate surface area is 349 Å². The van der Waals surface area contributed by atoms with Gasteiger partial charge < -0.3 is 4.57 Å². The van der Waals surface area contributed by atoms with Crippen LogP contribution < -0.4 is 0 Å². The molecule has 280 valence electrons. The fourth-order valence-corrected chi connectivity index (χ4v) is 12.8. The molecule has 1 nitrogen and oxygen atoms in total. The molecule has 4 aliphatic carbocycles. The highest BCUT2D eigenvalue weighted by Crippen LogP contribution is 2.67. The molecule has 1 heteroatoms. The van der Waals surface area contributed by atoms with Gasteiger partial charge in [0, 0.05) is 21.9 Å². The molecule has 2 spiro atoms. The minimum Gasteiger partial charge on any atom is -0.309 e. The zero-order valence-electron chi connectivity index (χ0n) is 33.5. The van der Waals surface area contributed by atoms with Gasteiger partial charge in [0.05, 0.1) is 21.9 Å². The Morgan fingerprint density at radius 1 is 0.283 bits per heavy atom. The molecular weight excluding hydrogens is 723 g/mol. The lowest BCUT2D eigenvalue weighted by Crippen LogP contribution is -2.43. The van der Waals surface area contributed by atoms with E-state index >= 15 is 0 Å². The molecule has 9 aromatic carbocycles. The van der Waals surface area contributed by atoms with Gasteiger partial charge in [0.15, 0.2) is 0 Å². The summed E-state index contributed by atoms with van der Waals surface area (Å²) in [6.07, 6.45) is 0. The van der Waals surface area contributed by atoms with Crippen LogP contribution in [0.5, 0.6) is 0 Å². The second kappa shape index (κ2) is 11.1. The van der Waals surface area contributed by atoms with Crippen molar-refractivity contribution < 1.29 is 0 Å². The molecule has 0 amide bonds. The summed E-state index contributed by atoms with van der Waals surface area (Å²) >= 11 is 0. The number of rotatable bonds is 1. The molecule has 60 heavy (non-hydrogen) atoms. The normalized spacial score (nSPS) is 15.9. The molecular formula is C59H39N. The maximum Gasteiger partial charge on any atom is 0.0720 e. The van der Waals surface area contributed by atoms with Crippen molar-refractivity contribution in [1.29, 1.82) is 0 Å². The number of para-hydroxylation sites is 1. The minimum atomic E-state index is -0.548. The lowest BCUT2D eigenvalue weighted by Gasteiger charge is -2.48. The van der Waals surface area contributed by atoms with Gasteiger partial charge >= 0.3 is 0 Å². The molecule has 1 heterocycles. The lowest BCUT2D eigenvalue weighted by molar-refractivity contribution is 0.633. The first-order chi connectivity index (χ1) is 29.5. The summed E-state index contributed by atoms with van der Waals surface area (Å²) in [6, 6.07) is 76.7. The first kappa shape index (κ1) is 32.7. The Balaban J connectivity index is 1.11. The second-order valence-corrected chi connectivity index (χ2v) is 17.9. The maximum absolute atomic E-state index is 2.58. The SMILES string of the molecule is CC1(C)c2ccccc2-c2ccc(-n3c4ccccc4c4cc5c(cc43)C3(c4ccccc4-5)c4ccccc4C4(c5ccccc5-c5ccccc54)c4ccccc43)cc21. The molecule has 0 saturated carbocycles. The van der Waals surface area contributed by atoms with E-state index in [1.54, 1.807) is 0 Å². The number of hydrogen-bond acceptors (Lipinski definition) is 0. The third-order valence-corrected chi connectivity index (χ3v) is 15.1. The van der Waals surface area contributed by atoms with Crippen LogP contribution in [-0.4, -0.2) is 4.57 Å². The van der Waals surface area contributed by atoms with E-state index in [0.717, 1.165) is 0 Å². The average molecular weight is 762 g/mol. The first-order valence-electron chi connectivity index (χ1n) is 21.4. The number of hydrogen-bond donors (Lipinski definition) is 0. The monoisotopic (exact) mass is 761 g/mol. The van der Waals surface area contributed by atoms with E-state index in [1.807, 2.05) is 0 Å². The number of aromatic nitrogens is 1. The molecule has 10 aromatic rings. The molecule has 0 fully saturated rings. The van der Waals surface area contributed by atoms with Gasteiger partial charge in [0.1, 0.15) is 0 Å². The van der Waals surface area contributed by atoms with Gasteiger partial charge in [-0.05, 0) is 119 Å². The Morgan fingerprint density at radius 3 is 1.27 bits per heavy atom. The molecule has 0 N–H and O–H groups in total. The quantitative estimate of drug-likeness (QED) is 0.157. The maximum atomic E-state index is 2.58. The predicted molar refractivity (Wildman–Crippen MR) is 247 cm³/mol. The molecule has 0 saturated heterocycles. The first-order valence-corrected chi connectivity index (χ1v) is 21.4. The molecule has 14 rings (SSSR count). The smallest absolute Gasteiger partial charge is 0.0720 e. The molecule has 0 bridgehead atoms. The Bertz CT molecular complexity index is 3440. The van der Waals surface area contributed by atoms with Crippen LogP contribution in [0.15, 0.2) is 200 Å². The van der Waals surface area contributed by atoms with E-state index < -0.39 is 10.8 Å². The van der Waals surface area contributed by atoms with Crippen LogP contribution in [0.3, 0.4) is 0 Å². The van der Waals surface area contributed by atoms with Gasteiger partial charge in [-0.3, -0.25) is 0 Å². The Hall–Kier alpha value is -7.22. The Morgan fingerprint density at radius 2 is 0.700 bits per heavy atom. The van der Waals surface area contributed by atoms with Crippen molar-refractivity contribution >= 4 is 21.8 Å². The van der Waals surface area contributed by atoms with Gasteiger partial charge in [0.2, 0.25) is 0 Å². The Kier molecular flexibility index (Phi) is 6.04. The molecule has 4 aliphatic rings. The molecule has 0 unspecified atom stereocenters. The highest BCUT2D eigenvalue weighted by molar-refractivity contribution is 6.12. The van der Waals surface area contributed by atoms with Gasteiger partial charge in [-0.15, -0.1) is 0 Å². The molecule has 0 aliphatic heterocycles. The van der Waals surface area contributed by atoms with Crippen molar-refractivity contribution in [3.63, 3.8) is 0 Å². The van der Waals surface area contributed by atoms with E-state index in [4.69, 9.17) is 0 Å². The zero-order valence-corrected chi connectivity index (χ0v) is 33.5. The van der Waals surface area contributed by atoms with E-state index in [9.17, 15) is 0 Å². The topological polar surface area (TPSA) is 4.93 Å². The third-order valence-electron chi connectivity index (χ3n) is 15.1. The summed E-state index contributed by atoms with van der Waals surface area (Å²) in [5.74, 6) is 0. The highest BCUT2D eigenvalue weighted by atomic mass is 15.0. The average Bonchev–Trinajstić information content (AvgIpc) is 3.96. The summed E-state index contributed by atoms with van der Waals surface area (Å²) in [7, 11) is 0. The molecule has 0 atom stereocenters. The van der Waals surface area contributed by atoms with Crippen molar-refractivity contribution in [2.75, 3.05) is 0 Å². The van der Waals surface area contributed by atoms with E-state index in [1.165, 1.54) is 117 Å². The second-order valence-electron chi connectivity index (χ2n) is 17.9. The predicted octanol–water partition coefficient (Wildman–Crippen LogP) is 14.1. The fourth-order valence-electron chi connectivity index (χ4n) is 12.8. The van der Waals surface area contributed by atoms with E-state index in [2.05, 4.69) is 219 Å². The minimum absolute atomic E-state index is 0.101. The molecule has 1 aromatic heterocycles. The van der Waals surface area contributed by atoms with Gasteiger partial charge in [-0.1, -0.05) is 184 Å². The van der Waals surface area contributed by atoms with Crippen LogP contribution in [-0.2, 0) is 16.2 Å². The fraction of sp³-hybridized carbons (Fsp3) is 0.0847. The number of benzene rings is 9. The van der Waals surface area contributed by atoms with Crippen molar-refractivity contribution in [3.8, 4) is 39.1 Å². The summed E-state index contributed by atoms with van der Waals surface area (Å²) in [5.41, 5.74) is 24.2. The summed E-state index contributed by atoms with van der Waals surface area (Å²) in [6.45, 7) is 4.76. The van der Waals surface area contributed by atoms with Crippen molar-refractivity contribution in [3.05, 3.63) is 256 Å². The number of nitrogens with zero attached hydrogens (tertiary/aromatic N) is 1. The van der Waals surface area contributed by atoms with Crippen LogP contribution >= 0.6 is 0 Å². The van der Waals surface area contributed by atoms with Crippen LogP contribution in [0.4, 0.5) is 0 Å². The zero-order chi connectivity index (χ0) is 39.5. The largest absolute Gasteiger partial charge is 0.309 e. The highest BCUT2D eigenvalue weighted by Gasteiger charge is 2.59. The number of fused-ring (bicyclic) bond motifs is 22. The van der Waals surface area contributed by atoms with Crippen molar-refractivity contribution in [2.45, 2.75) is 30.1 Å². The molecule has 0 radical (unpaired) electrons. The summed E-state index contributed by atoms with van der Waals surface area (Å²) in [4.78, 5) is 0. The third kappa shape index (κ3) is 3.61. The van der Waals surface area contributed by atoms with Crippen molar-refractivity contribution in [2.24, 2.45) is 0 Å². The lowest BCUT2D eigenvalue weighted by atomic mass is 9.52. The van der Waals surface area contributed by atoms with E-state index in [0.29, 0.717) is 0 Å². The van der Waals surface area contributed by atoms with Gasteiger partial charge in [0.25, 0.3) is 0 Å². The standard InChI is InChI=1S/C59H39N/c1-57(2)45-22-8-3-17-37(45)41-32-31-36(33-53(41)57)60-55-30-16-7-21-42(55)44-34-43-40-20-6-11-25-48(40)59(54(43)35-56(44)60)51-28-14-12-26-49(51)58(50-27-13-15-29-52(50)59)46-23-9-4-18-38(46)39-19-5-10-24-47(39)58/h3-35H,1-2H3. The summed E-state index contributed by atoms with van der Waals surface area (Å²) < 4.78 is 2.55. The van der Waals surface area contributed by atoms with Crippen LogP contribution in [0.1, 0.15) is 69.5 Å². The van der Waals surface area contributed by atoms with Crippen LogP contribution in [0, 0.1) is 0 Å².